The van der Waals surface area contributed by atoms with E-state index in [0.717, 1.165) is 17.0 Å². The second-order valence-corrected chi connectivity index (χ2v) is 7.93. The summed E-state index contributed by atoms with van der Waals surface area (Å²) in [5, 5.41) is 4.34. The number of halogens is 3. The maximum atomic E-state index is 13.2. The van der Waals surface area contributed by atoms with Gasteiger partial charge < -0.3 is 14.2 Å². The van der Waals surface area contributed by atoms with Gasteiger partial charge in [0, 0.05) is 44.4 Å². The second-order valence-electron chi connectivity index (χ2n) is 7.93. The van der Waals surface area contributed by atoms with Crippen molar-refractivity contribution >= 4 is 5.91 Å². The third kappa shape index (κ3) is 4.50. The van der Waals surface area contributed by atoms with Crippen molar-refractivity contribution in [3.8, 4) is 16.9 Å². The Kier molecular flexibility index (Phi) is 5.77. The molecule has 3 aromatic rings. The molecule has 0 aliphatic carbocycles. The number of fused-ring (bicyclic) bond motifs is 1. The van der Waals surface area contributed by atoms with Crippen LogP contribution in [0.2, 0.25) is 0 Å². The van der Waals surface area contributed by atoms with Gasteiger partial charge in [-0.3, -0.25) is 14.3 Å². The molecule has 0 bridgehead atoms. The van der Waals surface area contributed by atoms with E-state index in [1.165, 1.54) is 24.3 Å². The third-order valence-electron chi connectivity index (χ3n) is 5.72. The van der Waals surface area contributed by atoms with E-state index in [1.807, 2.05) is 13.8 Å². The van der Waals surface area contributed by atoms with Crippen molar-refractivity contribution < 1.29 is 22.7 Å². The summed E-state index contributed by atoms with van der Waals surface area (Å²) in [7, 11) is 1.67. The molecule has 7 nitrogen and oxygen atoms in total. The monoisotopic (exact) mass is 460 g/mol. The molecule has 2 aromatic heterocycles. The van der Waals surface area contributed by atoms with Gasteiger partial charge in [-0.1, -0.05) is 12.1 Å². The van der Waals surface area contributed by atoms with Gasteiger partial charge in [0.25, 0.3) is 11.5 Å². The molecule has 33 heavy (non-hydrogen) atoms. The van der Waals surface area contributed by atoms with Crippen LogP contribution in [0.25, 0.3) is 11.1 Å². The molecule has 3 heterocycles. The highest BCUT2D eigenvalue weighted by atomic mass is 19.4. The lowest BCUT2D eigenvalue weighted by atomic mass is 9.99. The first-order valence-corrected chi connectivity index (χ1v) is 10.5. The summed E-state index contributed by atoms with van der Waals surface area (Å²) in [6.07, 6.45) is -4.27. The molecule has 0 saturated carbocycles. The fourth-order valence-electron chi connectivity index (χ4n) is 4.17. The van der Waals surface area contributed by atoms with Gasteiger partial charge in [-0.15, -0.1) is 13.2 Å². The standard InChI is InChI=1S/C23H23F3N4O3/c1-4-30-20(11-14(2)27-30)22(32)29-10-9-19-16(13-29)12-18(21(31)28(19)3)15-5-7-17(8-6-15)33-23(24,25)26/h5-8,11-12H,4,9-10,13H2,1-3H3. The van der Waals surface area contributed by atoms with Gasteiger partial charge in [0.15, 0.2) is 0 Å². The molecule has 10 heteroatoms. The maximum Gasteiger partial charge on any atom is 0.573 e. The topological polar surface area (TPSA) is 69.4 Å². The molecule has 1 aromatic carbocycles. The van der Waals surface area contributed by atoms with Crippen LogP contribution >= 0.6 is 0 Å². The lowest BCUT2D eigenvalue weighted by Gasteiger charge is -2.30. The average molecular weight is 460 g/mol. The predicted octanol–water partition coefficient (Wildman–Crippen LogP) is 3.67. The number of ether oxygens (including phenoxy) is 1. The zero-order chi connectivity index (χ0) is 23.9. The largest absolute Gasteiger partial charge is 0.573 e. The second kappa shape index (κ2) is 8.42. The van der Waals surface area contributed by atoms with E-state index >= 15 is 0 Å². The number of benzene rings is 1. The Morgan fingerprint density at radius 1 is 1.18 bits per heavy atom. The van der Waals surface area contributed by atoms with Gasteiger partial charge >= 0.3 is 6.36 Å². The van der Waals surface area contributed by atoms with Crippen LogP contribution in [0, 0.1) is 6.92 Å². The van der Waals surface area contributed by atoms with Crippen LogP contribution in [-0.4, -0.2) is 38.1 Å². The number of aromatic nitrogens is 3. The molecule has 0 saturated heterocycles. The van der Waals surface area contributed by atoms with Gasteiger partial charge in [0.05, 0.1) is 5.69 Å². The van der Waals surface area contributed by atoms with Crippen LogP contribution in [0.5, 0.6) is 5.75 Å². The number of rotatable bonds is 4. The van der Waals surface area contributed by atoms with Crippen LogP contribution in [-0.2, 0) is 26.6 Å². The molecule has 174 valence electrons. The maximum absolute atomic E-state index is 13.2. The number of carbonyl (C=O) groups excluding carboxylic acids is 1. The minimum Gasteiger partial charge on any atom is -0.406 e. The number of aryl methyl sites for hydroxylation is 2. The molecular weight excluding hydrogens is 437 g/mol. The van der Waals surface area contributed by atoms with E-state index in [0.29, 0.717) is 42.9 Å². The Balaban J connectivity index is 1.65. The van der Waals surface area contributed by atoms with Crippen molar-refractivity contribution in [3.05, 3.63) is 69.4 Å². The summed E-state index contributed by atoms with van der Waals surface area (Å²) >= 11 is 0. The van der Waals surface area contributed by atoms with E-state index in [9.17, 15) is 22.8 Å². The number of amides is 1. The van der Waals surface area contributed by atoms with Crippen molar-refractivity contribution in [2.75, 3.05) is 6.54 Å². The Morgan fingerprint density at radius 2 is 1.88 bits per heavy atom. The van der Waals surface area contributed by atoms with Crippen molar-refractivity contribution in [2.24, 2.45) is 7.05 Å². The van der Waals surface area contributed by atoms with E-state index in [4.69, 9.17) is 0 Å². The number of carbonyl (C=O) groups is 1. The summed E-state index contributed by atoms with van der Waals surface area (Å²) in [6.45, 7) is 5.11. The van der Waals surface area contributed by atoms with Gasteiger partial charge in [-0.05, 0) is 49.2 Å². The van der Waals surface area contributed by atoms with Crippen molar-refractivity contribution in [1.82, 2.24) is 19.2 Å². The van der Waals surface area contributed by atoms with E-state index < -0.39 is 6.36 Å². The molecule has 1 aliphatic heterocycles. The normalized spacial score (nSPS) is 13.7. The molecule has 4 rings (SSSR count). The fourth-order valence-corrected chi connectivity index (χ4v) is 4.17. The van der Waals surface area contributed by atoms with Gasteiger partial charge in [0.2, 0.25) is 0 Å². The smallest absolute Gasteiger partial charge is 0.406 e. The molecule has 0 N–H and O–H groups in total. The molecule has 0 spiro atoms. The van der Waals surface area contributed by atoms with Crippen molar-refractivity contribution in [1.29, 1.82) is 0 Å². The number of nitrogens with zero attached hydrogens (tertiary/aromatic N) is 4. The Hall–Kier alpha value is -3.56. The number of pyridine rings is 1. The lowest BCUT2D eigenvalue weighted by molar-refractivity contribution is -0.274. The molecule has 1 amide bonds. The molecule has 0 atom stereocenters. The lowest BCUT2D eigenvalue weighted by Crippen LogP contribution is -2.39. The minimum absolute atomic E-state index is 0.132. The molecule has 0 radical (unpaired) electrons. The Bertz CT molecular complexity index is 1260. The van der Waals surface area contributed by atoms with E-state index in [1.54, 1.807) is 33.3 Å². The minimum atomic E-state index is -4.79. The van der Waals surface area contributed by atoms with Crippen molar-refractivity contribution in [3.63, 3.8) is 0 Å². The van der Waals surface area contributed by atoms with Crippen molar-refractivity contribution in [2.45, 2.75) is 39.7 Å². The Labute approximate surface area is 188 Å². The fraction of sp³-hybridized carbons (Fsp3) is 0.348. The first-order chi connectivity index (χ1) is 15.6. The molecular formula is C23H23F3N4O3. The average Bonchev–Trinajstić information content (AvgIpc) is 3.15. The third-order valence-corrected chi connectivity index (χ3v) is 5.72. The zero-order valence-corrected chi connectivity index (χ0v) is 18.4. The van der Waals surface area contributed by atoms with Crippen LogP contribution in [0.15, 0.2) is 41.2 Å². The highest BCUT2D eigenvalue weighted by Gasteiger charge is 2.31. The summed E-state index contributed by atoms with van der Waals surface area (Å²) < 4.78 is 44.4. The highest BCUT2D eigenvalue weighted by Crippen LogP contribution is 2.28. The number of hydrogen-bond acceptors (Lipinski definition) is 4. The van der Waals surface area contributed by atoms with Crippen LogP contribution < -0.4 is 10.3 Å². The van der Waals surface area contributed by atoms with Gasteiger partial charge in [-0.25, -0.2) is 0 Å². The highest BCUT2D eigenvalue weighted by molar-refractivity contribution is 5.93. The SMILES string of the molecule is CCn1nc(C)cc1C(=O)N1CCc2c(cc(-c3ccc(OC(F)(F)F)cc3)c(=O)n2C)C1. The summed E-state index contributed by atoms with van der Waals surface area (Å²) in [5.74, 6) is -0.493. The quantitative estimate of drug-likeness (QED) is 0.596. The zero-order valence-electron chi connectivity index (χ0n) is 18.4. The number of alkyl halides is 3. The van der Waals surface area contributed by atoms with Gasteiger partial charge in [0.1, 0.15) is 11.4 Å². The molecule has 0 fully saturated rings. The van der Waals surface area contributed by atoms with Crippen LogP contribution in [0.3, 0.4) is 0 Å². The number of hydrogen-bond donors (Lipinski definition) is 0. The first-order valence-electron chi connectivity index (χ1n) is 10.5. The summed E-state index contributed by atoms with van der Waals surface area (Å²) in [5.41, 5.74) is 3.50. The molecule has 0 unspecified atom stereocenters. The molecule has 1 aliphatic rings. The Morgan fingerprint density at radius 3 is 2.52 bits per heavy atom. The predicted molar refractivity (Wildman–Crippen MR) is 115 cm³/mol. The van der Waals surface area contributed by atoms with Crippen LogP contribution in [0.4, 0.5) is 13.2 Å². The van der Waals surface area contributed by atoms with E-state index in [-0.39, 0.29) is 17.2 Å². The first kappa shape index (κ1) is 22.6. The summed E-state index contributed by atoms with van der Waals surface area (Å²) in [4.78, 5) is 27.8. The van der Waals surface area contributed by atoms with Crippen LogP contribution in [0.1, 0.15) is 34.4 Å². The van der Waals surface area contributed by atoms with Gasteiger partial charge in [-0.2, -0.15) is 5.10 Å². The van der Waals surface area contributed by atoms with E-state index in [2.05, 4.69) is 9.84 Å². The summed E-state index contributed by atoms with van der Waals surface area (Å²) in [6, 6.07) is 8.66.